The van der Waals surface area contributed by atoms with Crippen LogP contribution in [0.5, 0.6) is 0 Å². The Hall–Kier alpha value is -3.91. The van der Waals surface area contributed by atoms with Crippen LogP contribution in [0.4, 0.5) is 17.6 Å². The highest BCUT2D eigenvalue weighted by Crippen LogP contribution is 2.37. The standard InChI is InChI=1S/C36H38F4N4O4S/c1-49(47,48)28-10-11-31-29(19-28)32(35(46)42-34(36(38,39)40)24-7-3-2-4-8-24)30(33(41-31)25-9-5-6-23(18-25)20-37)22-43-15-12-26(13-16-43)44-17-14-27(45)21-44/h2-11,18-19,26-27,34,45H,12-17,20-22H2,1H3,(H,42,46)/t27-,34+/m0/s1. The van der Waals surface area contributed by atoms with Crippen molar-refractivity contribution in [1.29, 1.82) is 0 Å². The van der Waals surface area contributed by atoms with Crippen LogP contribution in [0.25, 0.3) is 22.2 Å². The Morgan fingerprint density at radius 3 is 2.37 bits per heavy atom. The highest BCUT2D eigenvalue weighted by molar-refractivity contribution is 7.90. The molecule has 2 aliphatic heterocycles. The Bertz CT molecular complexity index is 1930. The van der Waals surface area contributed by atoms with E-state index in [-0.39, 0.29) is 45.6 Å². The molecule has 0 bridgehead atoms. The number of aliphatic hydroxyl groups is 1. The molecule has 0 radical (unpaired) electrons. The topological polar surface area (TPSA) is 103 Å². The SMILES string of the molecule is CS(=O)(=O)c1ccc2nc(-c3cccc(CF)c3)c(CN3CCC(N4CC[C@H](O)C4)CC3)c(C(=O)N[C@H](c3ccccc3)C(F)(F)F)c2c1. The molecule has 8 nitrogen and oxygen atoms in total. The number of fused-ring (bicyclic) bond motifs is 1. The number of likely N-dealkylation sites (tertiary alicyclic amines) is 2. The average molecular weight is 699 g/mol. The number of carbonyl (C=O) groups excluding carboxylic acids is 1. The number of rotatable bonds is 9. The second-order valence-electron chi connectivity index (χ2n) is 12.9. The number of amides is 1. The fourth-order valence-electron chi connectivity index (χ4n) is 6.94. The molecule has 1 amide bonds. The lowest BCUT2D eigenvalue weighted by Crippen LogP contribution is -2.44. The largest absolute Gasteiger partial charge is 0.412 e. The van der Waals surface area contributed by atoms with E-state index < -0.39 is 34.6 Å². The van der Waals surface area contributed by atoms with Gasteiger partial charge < -0.3 is 10.4 Å². The molecule has 0 spiro atoms. The minimum atomic E-state index is -4.85. The van der Waals surface area contributed by atoms with Crippen molar-refractivity contribution in [3.8, 4) is 11.3 Å². The predicted octanol–water partition coefficient (Wildman–Crippen LogP) is 5.84. The molecule has 2 saturated heterocycles. The van der Waals surface area contributed by atoms with Gasteiger partial charge in [0.05, 0.1) is 27.8 Å². The second kappa shape index (κ2) is 14.1. The summed E-state index contributed by atoms with van der Waals surface area (Å²) in [6.07, 6.45) is -1.90. The summed E-state index contributed by atoms with van der Waals surface area (Å²) < 4.78 is 82.7. The third kappa shape index (κ3) is 7.80. The minimum absolute atomic E-state index is 0.0933. The molecule has 6 rings (SSSR count). The Kier molecular flexibility index (Phi) is 10.1. The van der Waals surface area contributed by atoms with Crippen LogP contribution < -0.4 is 5.32 Å². The van der Waals surface area contributed by atoms with Crippen molar-refractivity contribution in [2.45, 2.75) is 61.7 Å². The summed E-state index contributed by atoms with van der Waals surface area (Å²) in [5.41, 5.74) is 1.37. The van der Waals surface area contributed by atoms with Gasteiger partial charge in [0.1, 0.15) is 6.67 Å². The third-order valence-electron chi connectivity index (χ3n) is 9.45. The van der Waals surface area contributed by atoms with E-state index in [0.717, 1.165) is 32.1 Å². The number of aromatic nitrogens is 1. The molecule has 3 aromatic carbocycles. The fraction of sp³-hybridized carbons (Fsp3) is 0.389. The molecule has 0 saturated carbocycles. The summed E-state index contributed by atoms with van der Waals surface area (Å²) in [5.74, 6) is -1.04. The average Bonchev–Trinajstić information content (AvgIpc) is 3.52. The van der Waals surface area contributed by atoms with Crippen LogP contribution in [0, 0.1) is 0 Å². The first-order valence-corrected chi connectivity index (χ1v) is 18.1. The van der Waals surface area contributed by atoms with E-state index in [9.17, 15) is 35.9 Å². The Balaban J connectivity index is 1.50. The van der Waals surface area contributed by atoms with Crippen molar-refractivity contribution >= 4 is 26.6 Å². The summed E-state index contributed by atoms with van der Waals surface area (Å²) in [6, 6.07) is 15.6. The number of sulfone groups is 1. The Labute approximate surface area is 282 Å². The maximum atomic E-state index is 14.5. The highest BCUT2D eigenvalue weighted by Gasteiger charge is 2.42. The molecule has 0 aliphatic carbocycles. The zero-order valence-electron chi connectivity index (χ0n) is 27.0. The number of aliphatic hydroxyl groups excluding tert-OH is 1. The lowest BCUT2D eigenvalue weighted by atomic mass is 9.93. The lowest BCUT2D eigenvalue weighted by Gasteiger charge is -2.37. The first-order chi connectivity index (χ1) is 23.3. The first-order valence-electron chi connectivity index (χ1n) is 16.2. The number of hydrogen-bond acceptors (Lipinski definition) is 7. The van der Waals surface area contributed by atoms with Crippen LogP contribution >= 0.6 is 0 Å². The number of pyridine rings is 1. The van der Waals surface area contributed by atoms with Crippen LogP contribution in [0.3, 0.4) is 0 Å². The van der Waals surface area contributed by atoms with Crippen molar-refractivity contribution in [2.75, 3.05) is 32.4 Å². The minimum Gasteiger partial charge on any atom is -0.392 e. The van der Waals surface area contributed by atoms with Crippen LogP contribution in [0.15, 0.2) is 77.7 Å². The highest BCUT2D eigenvalue weighted by atomic mass is 32.2. The Morgan fingerprint density at radius 1 is 1.00 bits per heavy atom. The Morgan fingerprint density at radius 2 is 1.73 bits per heavy atom. The molecule has 49 heavy (non-hydrogen) atoms. The number of alkyl halides is 4. The van der Waals surface area contributed by atoms with E-state index in [1.165, 1.54) is 42.5 Å². The van der Waals surface area contributed by atoms with Crippen LogP contribution in [-0.4, -0.2) is 85.0 Å². The number of hydrogen-bond donors (Lipinski definition) is 2. The number of halogens is 4. The molecular formula is C36H38F4N4O4S. The van der Waals surface area contributed by atoms with Gasteiger partial charge in [0.25, 0.3) is 5.91 Å². The van der Waals surface area contributed by atoms with Gasteiger partial charge >= 0.3 is 6.18 Å². The first kappa shape index (κ1) is 34.9. The summed E-state index contributed by atoms with van der Waals surface area (Å²) in [7, 11) is -3.77. The molecule has 13 heteroatoms. The van der Waals surface area contributed by atoms with Gasteiger partial charge in [0.15, 0.2) is 15.9 Å². The smallest absolute Gasteiger partial charge is 0.392 e. The van der Waals surface area contributed by atoms with Crippen LogP contribution in [-0.2, 0) is 23.1 Å². The molecule has 0 unspecified atom stereocenters. The number of piperidine rings is 1. The molecule has 1 aromatic heterocycles. The fourth-order valence-corrected chi connectivity index (χ4v) is 7.58. The van der Waals surface area contributed by atoms with Gasteiger partial charge in [-0.2, -0.15) is 13.2 Å². The monoisotopic (exact) mass is 698 g/mol. The summed E-state index contributed by atoms with van der Waals surface area (Å²) in [5, 5.41) is 12.4. The van der Waals surface area contributed by atoms with E-state index in [2.05, 4.69) is 15.1 Å². The lowest BCUT2D eigenvalue weighted by molar-refractivity contribution is -0.155. The second-order valence-corrected chi connectivity index (χ2v) is 14.9. The number of nitrogens with one attached hydrogen (secondary N) is 1. The molecule has 2 aliphatic rings. The molecule has 2 N–H and O–H groups in total. The summed E-state index contributed by atoms with van der Waals surface area (Å²) in [4.78, 5) is 23.5. The van der Waals surface area contributed by atoms with E-state index in [0.29, 0.717) is 42.0 Å². The van der Waals surface area contributed by atoms with E-state index in [4.69, 9.17) is 4.98 Å². The molecule has 2 atom stereocenters. The van der Waals surface area contributed by atoms with Gasteiger partial charge in [0, 0.05) is 48.4 Å². The maximum Gasteiger partial charge on any atom is 0.412 e. The number of nitrogens with zero attached hydrogens (tertiary/aromatic N) is 3. The molecule has 3 heterocycles. The van der Waals surface area contributed by atoms with Crippen molar-refractivity contribution in [3.63, 3.8) is 0 Å². The van der Waals surface area contributed by atoms with E-state index in [1.807, 2.05) is 0 Å². The number of β-amino-alcohol motifs (C(OH)–C–C–N with tert-alkyl or cyclic N) is 1. The molecule has 260 valence electrons. The zero-order valence-corrected chi connectivity index (χ0v) is 27.8. The van der Waals surface area contributed by atoms with Crippen molar-refractivity contribution in [3.05, 3.63) is 95.1 Å². The van der Waals surface area contributed by atoms with Gasteiger partial charge in [-0.3, -0.25) is 14.6 Å². The normalized spacial score (nSPS) is 18.9. The van der Waals surface area contributed by atoms with Crippen LogP contribution in [0.1, 0.15) is 52.4 Å². The van der Waals surface area contributed by atoms with Gasteiger partial charge in [0.2, 0.25) is 0 Å². The van der Waals surface area contributed by atoms with E-state index >= 15 is 0 Å². The number of carbonyl (C=O) groups is 1. The third-order valence-corrected chi connectivity index (χ3v) is 10.6. The molecule has 4 aromatic rings. The maximum absolute atomic E-state index is 14.5. The van der Waals surface area contributed by atoms with Crippen molar-refractivity contribution < 1.29 is 35.9 Å². The van der Waals surface area contributed by atoms with Gasteiger partial charge in [-0.15, -0.1) is 0 Å². The quantitative estimate of drug-likeness (QED) is 0.212. The van der Waals surface area contributed by atoms with Gasteiger partial charge in [-0.05, 0) is 67.7 Å². The number of benzene rings is 3. The zero-order chi connectivity index (χ0) is 34.9. The molecular weight excluding hydrogens is 660 g/mol. The predicted molar refractivity (Wildman–Crippen MR) is 178 cm³/mol. The van der Waals surface area contributed by atoms with Crippen molar-refractivity contribution in [1.82, 2.24) is 20.1 Å². The van der Waals surface area contributed by atoms with Crippen LogP contribution in [0.2, 0.25) is 0 Å². The molecule has 2 fully saturated rings. The van der Waals surface area contributed by atoms with Gasteiger partial charge in [-0.1, -0.05) is 48.5 Å². The van der Waals surface area contributed by atoms with E-state index in [1.54, 1.807) is 30.3 Å². The van der Waals surface area contributed by atoms with Gasteiger partial charge in [-0.25, -0.2) is 17.8 Å². The summed E-state index contributed by atoms with van der Waals surface area (Å²) in [6.45, 7) is 2.01. The summed E-state index contributed by atoms with van der Waals surface area (Å²) >= 11 is 0. The van der Waals surface area contributed by atoms with Crippen molar-refractivity contribution in [2.24, 2.45) is 0 Å².